The molecule has 3 rings (SSSR count). The van der Waals surface area contributed by atoms with Crippen molar-refractivity contribution in [2.75, 3.05) is 7.11 Å². The largest absolute Gasteiger partial charge is 0.497 e. The summed E-state index contributed by atoms with van der Waals surface area (Å²) < 4.78 is 77.2. The van der Waals surface area contributed by atoms with Crippen molar-refractivity contribution in [1.82, 2.24) is 0 Å². The first-order valence-corrected chi connectivity index (χ1v) is 9.91. The molecule has 0 aliphatic carbocycles. The quantitative estimate of drug-likeness (QED) is 0.735. The molecule has 0 amide bonds. The van der Waals surface area contributed by atoms with Crippen LogP contribution in [0.15, 0.2) is 64.1 Å². The van der Waals surface area contributed by atoms with Crippen LogP contribution >= 0.6 is 0 Å². The lowest BCUT2D eigenvalue weighted by Crippen LogP contribution is -2.19. The molecule has 1 heterocycles. The topological polar surface area (TPSA) is 76.4 Å². The summed E-state index contributed by atoms with van der Waals surface area (Å²) >= 11 is 0. The van der Waals surface area contributed by atoms with Crippen LogP contribution in [0.1, 0.15) is 17.0 Å². The normalized spacial score (nSPS) is 19.6. The van der Waals surface area contributed by atoms with Crippen molar-refractivity contribution in [3.63, 3.8) is 0 Å². The van der Waals surface area contributed by atoms with Gasteiger partial charge >= 0.3 is 6.18 Å². The van der Waals surface area contributed by atoms with Crippen LogP contribution in [-0.4, -0.2) is 27.8 Å². The maximum Gasteiger partial charge on any atom is 0.450 e. The molecule has 0 aromatic heterocycles. The highest BCUT2D eigenvalue weighted by molar-refractivity contribution is 7.95. The van der Waals surface area contributed by atoms with Crippen molar-refractivity contribution in [2.45, 2.75) is 30.0 Å². The first-order valence-electron chi connectivity index (χ1n) is 8.43. The third-order valence-electron chi connectivity index (χ3n) is 4.53. The summed E-state index contributed by atoms with van der Waals surface area (Å²) in [5.41, 5.74) is 0.945. The molecule has 0 saturated heterocycles. The second kappa shape index (κ2) is 7.44. The Morgan fingerprint density at radius 1 is 1.07 bits per heavy atom. The van der Waals surface area contributed by atoms with Crippen LogP contribution in [0.4, 0.5) is 13.2 Å². The molecule has 0 spiro atoms. The summed E-state index contributed by atoms with van der Waals surface area (Å²) in [4.78, 5) is -1.27. The highest BCUT2D eigenvalue weighted by atomic mass is 32.2. The van der Waals surface area contributed by atoms with Crippen molar-refractivity contribution in [1.29, 1.82) is 5.26 Å². The van der Waals surface area contributed by atoms with Gasteiger partial charge in [-0.15, -0.1) is 0 Å². The minimum absolute atomic E-state index is 0.197. The molecule has 29 heavy (non-hydrogen) atoms. The number of hydrogen-bond donors (Lipinski definition) is 0. The van der Waals surface area contributed by atoms with E-state index in [-0.39, 0.29) is 10.5 Å². The first-order chi connectivity index (χ1) is 13.6. The monoisotopic (exact) mass is 423 g/mol. The fourth-order valence-electron chi connectivity index (χ4n) is 3.11. The number of benzene rings is 2. The molecule has 152 valence electrons. The smallest absolute Gasteiger partial charge is 0.450 e. The van der Waals surface area contributed by atoms with E-state index in [0.29, 0.717) is 5.75 Å². The van der Waals surface area contributed by atoms with E-state index in [9.17, 15) is 26.9 Å². The van der Waals surface area contributed by atoms with Crippen molar-refractivity contribution in [3.8, 4) is 11.8 Å². The average molecular weight is 423 g/mol. The van der Waals surface area contributed by atoms with E-state index in [4.69, 9.17) is 9.47 Å². The zero-order valence-corrected chi connectivity index (χ0v) is 16.2. The van der Waals surface area contributed by atoms with Crippen molar-refractivity contribution >= 4 is 9.84 Å². The highest BCUT2D eigenvalue weighted by Gasteiger charge is 2.53. The lowest BCUT2D eigenvalue weighted by molar-refractivity contribution is -0.130. The number of aryl methyl sites for hydroxylation is 1. The Hall–Kier alpha value is -2.99. The van der Waals surface area contributed by atoms with Crippen LogP contribution in [0, 0.1) is 18.3 Å². The van der Waals surface area contributed by atoms with Gasteiger partial charge in [0.1, 0.15) is 16.7 Å². The number of nitrogens with zero attached hydrogens (tertiary/aromatic N) is 1. The summed E-state index contributed by atoms with van der Waals surface area (Å²) in [5.74, 6) is -2.66. The van der Waals surface area contributed by atoms with Gasteiger partial charge in [0.25, 0.3) is 0 Å². The highest BCUT2D eigenvalue weighted by Crippen LogP contribution is 2.48. The zero-order chi connectivity index (χ0) is 21.4. The molecule has 1 aliphatic rings. The first kappa shape index (κ1) is 20.7. The van der Waals surface area contributed by atoms with E-state index in [0.717, 1.165) is 5.56 Å². The Labute approximate surface area is 165 Å². The Morgan fingerprint density at radius 3 is 2.14 bits per heavy atom. The fraction of sp³-hybridized carbons (Fsp3) is 0.250. The summed E-state index contributed by atoms with van der Waals surface area (Å²) in [5, 5.41) is 9.38. The molecule has 0 bridgehead atoms. The second-order valence-corrected chi connectivity index (χ2v) is 8.34. The zero-order valence-electron chi connectivity index (χ0n) is 15.4. The molecule has 9 heteroatoms. The molecule has 0 unspecified atom stereocenters. The Morgan fingerprint density at radius 2 is 1.66 bits per heavy atom. The molecule has 0 N–H and O–H groups in total. The second-order valence-electron chi connectivity index (χ2n) is 6.43. The predicted molar refractivity (Wildman–Crippen MR) is 97.7 cm³/mol. The van der Waals surface area contributed by atoms with E-state index in [1.165, 1.54) is 55.6 Å². The van der Waals surface area contributed by atoms with E-state index in [1.807, 2.05) is 0 Å². The van der Waals surface area contributed by atoms with Gasteiger partial charge in [0.05, 0.1) is 17.9 Å². The lowest BCUT2D eigenvalue weighted by atomic mass is 9.94. The Kier molecular flexibility index (Phi) is 5.32. The minimum atomic E-state index is -5.08. The number of hydrogen-bond acceptors (Lipinski definition) is 5. The number of rotatable bonds is 4. The van der Waals surface area contributed by atoms with Gasteiger partial charge in [0.2, 0.25) is 15.6 Å². The maximum atomic E-state index is 13.7. The third-order valence-corrected chi connectivity index (χ3v) is 6.45. The minimum Gasteiger partial charge on any atom is -0.497 e. The number of halogens is 3. The van der Waals surface area contributed by atoms with Gasteiger partial charge in [-0.2, -0.15) is 18.4 Å². The van der Waals surface area contributed by atoms with Gasteiger partial charge in [-0.05, 0) is 36.8 Å². The van der Waals surface area contributed by atoms with Gasteiger partial charge in [-0.1, -0.05) is 29.8 Å². The SMILES string of the molecule is COc1ccc([C@@H]2C(S(=O)(=O)c3ccc(C)cc3)=C(C(F)(F)F)O[C@H]2C#N)cc1. The number of alkyl halides is 3. The molecule has 0 radical (unpaired) electrons. The Balaban J connectivity index is 2.25. The average Bonchev–Trinajstić information content (AvgIpc) is 3.09. The number of nitriles is 1. The van der Waals surface area contributed by atoms with Gasteiger partial charge < -0.3 is 9.47 Å². The standard InChI is InChI=1S/C20H16F3NO4S/c1-12-3-9-15(10-4-12)29(25,26)18-17(13-5-7-14(27-2)8-6-13)16(11-24)28-19(18)20(21,22)23/h3-10,16-17H,1-2H3/t16-,17-/m0/s1. The van der Waals surface area contributed by atoms with Crippen LogP contribution in [-0.2, 0) is 14.6 Å². The predicted octanol–water partition coefficient (Wildman–Crippen LogP) is 4.26. The number of ether oxygens (including phenoxy) is 2. The molecule has 2 atom stereocenters. The van der Waals surface area contributed by atoms with Crippen molar-refractivity contribution in [3.05, 3.63) is 70.3 Å². The Bertz CT molecular complexity index is 1080. The molecule has 5 nitrogen and oxygen atoms in total. The van der Waals surface area contributed by atoms with Crippen LogP contribution < -0.4 is 4.74 Å². The van der Waals surface area contributed by atoms with Crippen LogP contribution in [0.2, 0.25) is 0 Å². The van der Waals surface area contributed by atoms with Crippen LogP contribution in [0.3, 0.4) is 0 Å². The number of sulfone groups is 1. The molecular weight excluding hydrogens is 407 g/mol. The summed E-state index contributed by atoms with van der Waals surface area (Å²) in [6, 6.07) is 12.9. The number of allylic oxidation sites excluding steroid dienone is 1. The molecule has 2 aromatic carbocycles. The van der Waals surface area contributed by atoms with Crippen LogP contribution in [0.5, 0.6) is 5.75 Å². The molecule has 2 aromatic rings. The van der Waals surface area contributed by atoms with Crippen molar-refractivity contribution < 1.29 is 31.1 Å². The van der Waals surface area contributed by atoms with E-state index >= 15 is 0 Å². The molecule has 0 saturated carbocycles. The lowest BCUT2D eigenvalue weighted by Gasteiger charge is -2.17. The molecular formula is C20H16F3NO4S. The maximum absolute atomic E-state index is 13.7. The number of methoxy groups -OCH3 is 1. The van der Waals surface area contributed by atoms with Gasteiger partial charge in [0, 0.05) is 0 Å². The summed E-state index contributed by atoms with van der Waals surface area (Å²) in [6.07, 6.45) is -6.72. The van der Waals surface area contributed by atoms with E-state index < -0.39 is 38.7 Å². The van der Waals surface area contributed by atoms with Gasteiger partial charge in [-0.25, -0.2) is 8.42 Å². The fourth-order valence-corrected chi connectivity index (χ4v) is 4.86. The summed E-state index contributed by atoms with van der Waals surface area (Å²) in [6.45, 7) is 1.72. The summed E-state index contributed by atoms with van der Waals surface area (Å²) in [7, 11) is -3.17. The van der Waals surface area contributed by atoms with Gasteiger partial charge in [0.15, 0.2) is 6.10 Å². The third kappa shape index (κ3) is 3.80. The van der Waals surface area contributed by atoms with E-state index in [2.05, 4.69) is 0 Å². The van der Waals surface area contributed by atoms with Crippen LogP contribution in [0.25, 0.3) is 0 Å². The molecule has 1 aliphatic heterocycles. The molecule has 0 fully saturated rings. The van der Waals surface area contributed by atoms with Gasteiger partial charge in [-0.3, -0.25) is 0 Å². The van der Waals surface area contributed by atoms with E-state index in [1.54, 1.807) is 13.0 Å². The van der Waals surface area contributed by atoms with Crippen molar-refractivity contribution in [2.24, 2.45) is 0 Å².